The number of ether oxygens (including phenoxy) is 1. The number of esters is 1. The highest BCUT2D eigenvalue weighted by molar-refractivity contribution is 5.90. The Hall–Kier alpha value is -1.78. The van der Waals surface area contributed by atoms with Crippen molar-refractivity contribution in [3.8, 4) is 0 Å². The van der Waals surface area contributed by atoms with E-state index in [9.17, 15) is 18.0 Å². The lowest BCUT2D eigenvalue weighted by atomic mass is 9.90. The third kappa shape index (κ3) is 4.92. The normalized spacial score (nSPS) is 13.7. The molecule has 1 atom stereocenters. The van der Waals surface area contributed by atoms with Crippen LogP contribution in [0.15, 0.2) is 36.4 Å². The number of halogens is 3. The number of benzene rings is 1. The van der Waals surface area contributed by atoms with Gasteiger partial charge in [-0.15, -0.1) is 0 Å². The lowest BCUT2D eigenvalue weighted by molar-refractivity contribution is -0.161. The molecule has 0 radical (unpaired) electrons. The molecule has 2 nitrogen and oxygen atoms in total. The van der Waals surface area contributed by atoms with E-state index in [2.05, 4.69) is 6.58 Å². The lowest BCUT2D eigenvalue weighted by Gasteiger charge is -2.25. The zero-order valence-corrected chi connectivity index (χ0v) is 12.5. The van der Waals surface area contributed by atoms with E-state index in [-0.39, 0.29) is 5.56 Å². The monoisotopic (exact) mass is 300 g/mol. The van der Waals surface area contributed by atoms with Gasteiger partial charge in [-0.05, 0) is 33.3 Å². The fourth-order valence-corrected chi connectivity index (χ4v) is 1.90. The van der Waals surface area contributed by atoms with Crippen LogP contribution in [0.25, 0.3) is 0 Å². The Morgan fingerprint density at radius 1 is 1.24 bits per heavy atom. The number of carbonyl (C=O) groups is 1. The molecule has 0 saturated heterocycles. The second kappa shape index (κ2) is 5.92. The molecule has 116 valence electrons. The summed E-state index contributed by atoms with van der Waals surface area (Å²) in [6.45, 7) is 9.78. The van der Waals surface area contributed by atoms with Gasteiger partial charge in [0.2, 0.25) is 0 Å². The Kier molecular flexibility index (Phi) is 4.87. The smallest absolute Gasteiger partial charge is 0.399 e. The molecule has 0 saturated carbocycles. The van der Waals surface area contributed by atoms with Crippen molar-refractivity contribution in [2.24, 2.45) is 0 Å². The summed E-state index contributed by atoms with van der Waals surface area (Å²) >= 11 is 0. The summed E-state index contributed by atoms with van der Waals surface area (Å²) in [6.07, 6.45) is -4.61. The van der Waals surface area contributed by atoms with Gasteiger partial charge in [-0.3, -0.25) is 0 Å². The minimum absolute atomic E-state index is 0.0154. The lowest BCUT2D eigenvalue weighted by Crippen LogP contribution is -2.31. The number of aryl methyl sites for hydroxylation is 1. The van der Waals surface area contributed by atoms with Crippen LogP contribution >= 0.6 is 0 Å². The summed E-state index contributed by atoms with van der Waals surface area (Å²) in [6, 6.07) is 5.94. The standard InChI is InChI=1S/C16H19F3O2/c1-10-7-6-8-12(9-10)13(16(17,18)19)11(2)14(20)21-15(3,4)5/h6-9,13H,2H2,1,3-5H3. The summed E-state index contributed by atoms with van der Waals surface area (Å²) in [5, 5.41) is 0. The highest BCUT2D eigenvalue weighted by atomic mass is 19.4. The largest absolute Gasteiger partial charge is 0.457 e. The van der Waals surface area contributed by atoms with Gasteiger partial charge in [-0.2, -0.15) is 13.2 Å². The number of carbonyl (C=O) groups excluding carboxylic acids is 1. The third-order valence-corrected chi connectivity index (χ3v) is 2.71. The topological polar surface area (TPSA) is 26.3 Å². The first-order valence-corrected chi connectivity index (χ1v) is 6.47. The zero-order valence-electron chi connectivity index (χ0n) is 12.5. The van der Waals surface area contributed by atoms with Gasteiger partial charge in [0.05, 0.1) is 0 Å². The van der Waals surface area contributed by atoms with Crippen molar-refractivity contribution < 1.29 is 22.7 Å². The first-order valence-electron chi connectivity index (χ1n) is 6.47. The average molecular weight is 300 g/mol. The molecule has 0 amide bonds. The minimum atomic E-state index is -4.61. The predicted octanol–water partition coefficient (Wildman–Crippen LogP) is 4.54. The molecule has 0 aromatic heterocycles. The maximum Gasteiger partial charge on any atom is 0.399 e. The third-order valence-electron chi connectivity index (χ3n) is 2.71. The minimum Gasteiger partial charge on any atom is -0.457 e. The molecule has 1 aromatic carbocycles. The van der Waals surface area contributed by atoms with E-state index in [1.165, 1.54) is 18.2 Å². The van der Waals surface area contributed by atoms with Crippen LogP contribution in [0, 0.1) is 6.92 Å². The van der Waals surface area contributed by atoms with Gasteiger partial charge in [-0.25, -0.2) is 4.79 Å². The Morgan fingerprint density at radius 2 is 1.81 bits per heavy atom. The second-order valence-electron chi connectivity index (χ2n) is 5.92. The van der Waals surface area contributed by atoms with Crippen LogP contribution in [0.1, 0.15) is 37.8 Å². The second-order valence-corrected chi connectivity index (χ2v) is 5.92. The summed E-state index contributed by atoms with van der Waals surface area (Å²) in [7, 11) is 0. The van der Waals surface area contributed by atoms with Crippen molar-refractivity contribution in [2.75, 3.05) is 0 Å². The molecule has 0 aliphatic rings. The molecule has 0 N–H and O–H groups in total. The van der Waals surface area contributed by atoms with Gasteiger partial charge in [0, 0.05) is 5.57 Å². The maximum absolute atomic E-state index is 13.3. The van der Waals surface area contributed by atoms with E-state index in [4.69, 9.17) is 4.74 Å². The summed E-state index contributed by atoms with van der Waals surface area (Å²) in [5.41, 5.74) is -0.817. The average Bonchev–Trinajstić information content (AvgIpc) is 2.24. The maximum atomic E-state index is 13.3. The van der Waals surface area contributed by atoms with Gasteiger partial charge < -0.3 is 4.74 Å². The van der Waals surface area contributed by atoms with Crippen LogP contribution in [0.3, 0.4) is 0 Å². The van der Waals surface area contributed by atoms with E-state index < -0.39 is 29.2 Å². The van der Waals surface area contributed by atoms with Gasteiger partial charge >= 0.3 is 12.1 Å². The summed E-state index contributed by atoms with van der Waals surface area (Å²) in [5.74, 6) is -3.10. The predicted molar refractivity (Wildman–Crippen MR) is 75.0 cm³/mol. The van der Waals surface area contributed by atoms with Crippen molar-refractivity contribution in [1.82, 2.24) is 0 Å². The van der Waals surface area contributed by atoms with Crippen LogP contribution in [0.5, 0.6) is 0 Å². The van der Waals surface area contributed by atoms with Crippen molar-refractivity contribution in [2.45, 2.75) is 45.4 Å². The number of hydrogen-bond donors (Lipinski definition) is 0. The fourth-order valence-electron chi connectivity index (χ4n) is 1.90. The molecule has 5 heteroatoms. The summed E-state index contributed by atoms with van der Waals surface area (Å²) < 4.78 is 44.9. The number of alkyl halides is 3. The molecule has 0 aliphatic carbocycles. The van der Waals surface area contributed by atoms with Crippen LogP contribution < -0.4 is 0 Å². The van der Waals surface area contributed by atoms with Crippen molar-refractivity contribution in [1.29, 1.82) is 0 Å². The Labute approximate surface area is 122 Å². The van der Waals surface area contributed by atoms with Gasteiger partial charge in [0.15, 0.2) is 0 Å². The first kappa shape index (κ1) is 17.3. The van der Waals surface area contributed by atoms with Crippen molar-refractivity contribution >= 4 is 5.97 Å². The van der Waals surface area contributed by atoms with E-state index in [1.807, 2.05) is 0 Å². The van der Waals surface area contributed by atoms with E-state index in [1.54, 1.807) is 33.8 Å². The molecule has 1 aromatic rings. The molecule has 1 unspecified atom stereocenters. The Bertz CT molecular complexity index is 539. The highest BCUT2D eigenvalue weighted by Gasteiger charge is 2.45. The molecule has 0 bridgehead atoms. The van der Waals surface area contributed by atoms with Crippen LogP contribution in [0.2, 0.25) is 0 Å². The molecule has 21 heavy (non-hydrogen) atoms. The Morgan fingerprint density at radius 3 is 2.24 bits per heavy atom. The van der Waals surface area contributed by atoms with Crippen molar-refractivity contribution in [3.05, 3.63) is 47.5 Å². The first-order chi connectivity index (χ1) is 9.42. The fraction of sp³-hybridized carbons (Fsp3) is 0.438. The van der Waals surface area contributed by atoms with Gasteiger partial charge in [-0.1, -0.05) is 36.4 Å². The molecule has 0 fully saturated rings. The van der Waals surface area contributed by atoms with Crippen LogP contribution in [-0.2, 0) is 9.53 Å². The van der Waals surface area contributed by atoms with Gasteiger partial charge in [0.25, 0.3) is 0 Å². The van der Waals surface area contributed by atoms with E-state index >= 15 is 0 Å². The van der Waals surface area contributed by atoms with Crippen LogP contribution in [-0.4, -0.2) is 17.7 Å². The molecular formula is C16H19F3O2. The Balaban J connectivity index is 3.16. The quantitative estimate of drug-likeness (QED) is 0.605. The molecule has 0 aliphatic heterocycles. The summed E-state index contributed by atoms with van der Waals surface area (Å²) in [4.78, 5) is 11.9. The molecule has 0 heterocycles. The highest BCUT2D eigenvalue weighted by Crippen LogP contribution is 2.40. The van der Waals surface area contributed by atoms with Gasteiger partial charge in [0.1, 0.15) is 11.5 Å². The van der Waals surface area contributed by atoms with Crippen LogP contribution in [0.4, 0.5) is 13.2 Å². The molecule has 1 rings (SSSR count). The number of rotatable bonds is 3. The zero-order chi connectivity index (χ0) is 16.4. The van der Waals surface area contributed by atoms with E-state index in [0.29, 0.717) is 5.56 Å². The molecular weight excluding hydrogens is 281 g/mol. The SMILES string of the molecule is C=C(C(=O)OC(C)(C)C)C(c1cccc(C)c1)C(F)(F)F. The van der Waals surface area contributed by atoms with Crippen molar-refractivity contribution in [3.63, 3.8) is 0 Å². The van der Waals surface area contributed by atoms with E-state index in [0.717, 1.165) is 0 Å². The number of hydrogen-bond acceptors (Lipinski definition) is 2. The molecule has 0 spiro atoms.